The molecule has 7 aromatic carbocycles. The maximum absolute atomic E-state index is 8.82. The van der Waals surface area contributed by atoms with Crippen LogP contribution in [0, 0.1) is 0 Å². The van der Waals surface area contributed by atoms with Gasteiger partial charge in [0.05, 0.1) is 11.0 Å². The van der Waals surface area contributed by atoms with Crippen LogP contribution in [0.15, 0.2) is 158 Å². The van der Waals surface area contributed by atoms with Crippen molar-refractivity contribution in [3.05, 3.63) is 158 Å². The summed E-state index contributed by atoms with van der Waals surface area (Å²) in [6.45, 7) is 0. The topological polar surface area (TPSA) is 12.0 Å². The number of benzene rings is 7. The average Bonchev–Trinajstić information content (AvgIpc) is 3.10. The summed E-state index contributed by atoms with van der Waals surface area (Å²) in [7, 11) is 0. The number of rotatable bonds is 5. The SMILES string of the molecule is [2H]c1c([2H])c(-c2ccc(-c3cccc4ccccc34)cc2)c([2H])c([2H])c1Nc1c([2H])c([2H])c(-c2cccc3ccccc23)c([2H])c1[2H]. The lowest BCUT2D eigenvalue weighted by molar-refractivity contribution is 1.54. The van der Waals surface area contributed by atoms with Crippen molar-refractivity contribution >= 4 is 32.9 Å². The Morgan fingerprint density at radius 3 is 1.36 bits per heavy atom. The molecule has 0 atom stereocenters. The fourth-order valence-electron chi connectivity index (χ4n) is 4.89. The van der Waals surface area contributed by atoms with Gasteiger partial charge in [-0.25, -0.2) is 0 Å². The van der Waals surface area contributed by atoms with Crippen molar-refractivity contribution in [3.63, 3.8) is 0 Å². The summed E-state index contributed by atoms with van der Waals surface area (Å²) in [6, 6.07) is 31.9. The van der Waals surface area contributed by atoms with E-state index < -0.39 is 0 Å². The van der Waals surface area contributed by atoms with Crippen LogP contribution in [0.1, 0.15) is 11.0 Å². The van der Waals surface area contributed by atoms with Crippen LogP contribution in [0.25, 0.3) is 54.9 Å². The Morgan fingerprint density at radius 1 is 0.359 bits per heavy atom. The fraction of sp³-hybridized carbons (Fsp3) is 0. The van der Waals surface area contributed by atoms with Gasteiger partial charge in [0.2, 0.25) is 0 Å². The van der Waals surface area contributed by atoms with Crippen molar-refractivity contribution in [1.29, 1.82) is 0 Å². The maximum Gasteiger partial charge on any atom is 0.0645 e. The van der Waals surface area contributed by atoms with E-state index in [1.165, 1.54) is 0 Å². The first-order valence-corrected chi connectivity index (χ1v) is 12.7. The molecule has 0 fully saturated rings. The van der Waals surface area contributed by atoms with Gasteiger partial charge in [-0.1, -0.05) is 133 Å². The number of nitrogens with one attached hydrogen (secondary N) is 1. The van der Waals surface area contributed by atoms with Crippen LogP contribution in [0.5, 0.6) is 0 Å². The predicted molar refractivity (Wildman–Crippen MR) is 167 cm³/mol. The van der Waals surface area contributed by atoms with E-state index in [9.17, 15) is 0 Å². The van der Waals surface area contributed by atoms with Crippen LogP contribution in [-0.2, 0) is 0 Å². The third-order valence-electron chi connectivity index (χ3n) is 6.83. The molecule has 1 nitrogen and oxygen atoms in total. The van der Waals surface area contributed by atoms with Crippen LogP contribution < -0.4 is 5.32 Å². The molecule has 0 heterocycles. The lowest BCUT2D eigenvalue weighted by Gasteiger charge is -2.11. The van der Waals surface area contributed by atoms with Crippen molar-refractivity contribution in [1.82, 2.24) is 0 Å². The second-order valence-corrected chi connectivity index (χ2v) is 9.26. The highest BCUT2D eigenvalue weighted by atomic mass is 14.9. The van der Waals surface area contributed by atoms with Gasteiger partial charge < -0.3 is 5.32 Å². The van der Waals surface area contributed by atoms with E-state index in [1.54, 1.807) is 24.3 Å². The van der Waals surface area contributed by atoms with Crippen molar-refractivity contribution in [2.45, 2.75) is 0 Å². The molecule has 0 saturated heterocycles. The Balaban J connectivity index is 1.28. The lowest BCUT2D eigenvalue weighted by Crippen LogP contribution is -1.90. The van der Waals surface area contributed by atoms with Crippen molar-refractivity contribution in [2.24, 2.45) is 0 Å². The summed E-state index contributed by atoms with van der Waals surface area (Å²) >= 11 is 0. The molecular weight excluding hydrogens is 470 g/mol. The van der Waals surface area contributed by atoms with Crippen LogP contribution in [0.2, 0.25) is 0 Å². The molecule has 0 amide bonds. The molecule has 0 radical (unpaired) electrons. The van der Waals surface area contributed by atoms with E-state index in [4.69, 9.17) is 11.0 Å². The lowest BCUT2D eigenvalue weighted by atomic mass is 9.96. The molecule has 184 valence electrons. The zero-order valence-electron chi connectivity index (χ0n) is 28.9. The molecular formula is C38H27N. The second-order valence-electron chi connectivity index (χ2n) is 9.26. The number of anilines is 2. The summed E-state index contributed by atoms with van der Waals surface area (Å²) in [5.41, 5.74) is 2.89. The smallest absolute Gasteiger partial charge is 0.0645 e. The Kier molecular flexibility index (Phi) is 4.08. The van der Waals surface area contributed by atoms with Gasteiger partial charge in [0.1, 0.15) is 0 Å². The first-order valence-electron chi connectivity index (χ1n) is 16.7. The van der Waals surface area contributed by atoms with Gasteiger partial charge in [0.15, 0.2) is 0 Å². The predicted octanol–water partition coefficient (Wildman–Crippen LogP) is 10.7. The first-order chi connectivity index (χ1) is 22.7. The molecule has 7 aromatic rings. The van der Waals surface area contributed by atoms with Gasteiger partial charge in [-0.15, -0.1) is 0 Å². The summed E-state index contributed by atoms with van der Waals surface area (Å²) in [6.07, 6.45) is 0. The first kappa shape index (κ1) is 16.0. The second kappa shape index (κ2) is 9.96. The molecule has 0 aliphatic rings. The maximum atomic E-state index is 8.82. The molecule has 0 aliphatic carbocycles. The summed E-state index contributed by atoms with van der Waals surface area (Å²) in [5, 5.41) is 6.65. The molecule has 0 spiro atoms. The quantitative estimate of drug-likeness (QED) is 0.245. The summed E-state index contributed by atoms with van der Waals surface area (Å²) < 4.78 is 70.4. The standard InChI is InChI=1S/C38H27N/c1-3-11-35-29(7-1)9-5-13-37(35)31-17-15-27(16-18-31)28-19-23-33(24-20-28)39-34-25-21-32(22-26-34)38-14-6-10-30-8-2-4-12-36(30)38/h1-26,39H/i19D,20D,21D,22D,23D,24D,25D,26D. The Labute approximate surface area is 240 Å². The minimum atomic E-state index is -0.380. The third-order valence-corrected chi connectivity index (χ3v) is 6.83. The van der Waals surface area contributed by atoms with Crippen LogP contribution in [0.4, 0.5) is 11.4 Å². The molecule has 1 N–H and O–H groups in total. The molecule has 39 heavy (non-hydrogen) atoms. The van der Waals surface area contributed by atoms with E-state index >= 15 is 0 Å². The normalized spacial score (nSPS) is 13.9. The summed E-state index contributed by atoms with van der Waals surface area (Å²) in [5.74, 6) is 0. The molecule has 0 saturated carbocycles. The van der Waals surface area contributed by atoms with Crippen molar-refractivity contribution < 1.29 is 11.0 Å². The minimum absolute atomic E-state index is 0.126. The minimum Gasteiger partial charge on any atom is -0.356 e. The summed E-state index contributed by atoms with van der Waals surface area (Å²) in [4.78, 5) is 0. The van der Waals surface area contributed by atoms with E-state index in [2.05, 4.69) is 23.5 Å². The van der Waals surface area contributed by atoms with Crippen LogP contribution in [-0.4, -0.2) is 0 Å². The number of hydrogen-bond donors (Lipinski definition) is 1. The van der Waals surface area contributed by atoms with Gasteiger partial charge in [-0.05, 0) is 79.1 Å². The average molecular weight is 506 g/mol. The molecule has 7 rings (SSSR count). The molecule has 0 aromatic heterocycles. The van der Waals surface area contributed by atoms with Gasteiger partial charge >= 0.3 is 0 Å². The number of hydrogen-bond acceptors (Lipinski definition) is 1. The molecule has 0 aliphatic heterocycles. The molecule has 1 heteroatoms. The molecule has 0 unspecified atom stereocenters. The highest BCUT2D eigenvalue weighted by molar-refractivity contribution is 5.97. The molecule has 0 bridgehead atoms. The van der Waals surface area contributed by atoms with E-state index in [0.29, 0.717) is 11.1 Å². The van der Waals surface area contributed by atoms with Gasteiger partial charge in [0.25, 0.3) is 0 Å². The third kappa shape index (κ3) is 4.56. The van der Waals surface area contributed by atoms with Crippen LogP contribution in [0.3, 0.4) is 0 Å². The zero-order valence-corrected chi connectivity index (χ0v) is 20.9. The van der Waals surface area contributed by atoms with E-state index in [1.807, 2.05) is 66.7 Å². The Bertz CT molecular complexity index is 2300. The van der Waals surface area contributed by atoms with Gasteiger partial charge in [-0.3, -0.25) is 0 Å². The van der Waals surface area contributed by atoms with Crippen molar-refractivity contribution in [3.8, 4) is 33.4 Å². The highest BCUT2D eigenvalue weighted by Crippen LogP contribution is 2.32. The Morgan fingerprint density at radius 2 is 0.795 bits per heavy atom. The highest BCUT2D eigenvalue weighted by Gasteiger charge is 2.06. The monoisotopic (exact) mass is 505 g/mol. The Hall–Kier alpha value is -5.14. The fourth-order valence-corrected chi connectivity index (χ4v) is 4.89. The van der Waals surface area contributed by atoms with Gasteiger partial charge in [-0.2, -0.15) is 0 Å². The van der Waals surface area contributed by atoms with E-state index in [0.717, 1.165) is 32.7 Å². The largest absolute Gasteiger partial charge is 0.356 e. The zero-order chi connectivity index (χ0) is 33.0. The number of fused-ring (bicyclic) bond motifs is 2. The van der Waals surface area contributed by atoms with Crippen LogP contribution >= 0.6 is 0 Å². The van der Waals surface area contributed by atoms with E-state index in [-0.39, 0.29) is 70.8 Å². The van der Waals surface area contributed by atoms with Crippen molar-refractivity contribution in [2.75, 3.05) is 5.32 Å². The van der Waals surface area contributed by atoms with Gasteiger partial charge in [0, 0.05) is 11.4 Å².